The summed E-state index contributed by atoms with van der Waals surface area (Å²) in [6, 6.07) is 16.5. The van der Waals surface area contributed by atoms with Crippen molar-refractivity contribution in [2.24, 2.45) is 0 Å². The highest BCUT2D eigenvalue weighted by Crippen LogP contribution is 2.18. The fraction of sp³-hybridized carbons (Fsp3) is 0.320. The van der Waals surface area contributed by atoms with Crippen LogP contribution in [0.3, 0.4) is 0 Å². The molecule has 1 aromatic heterocycles. The van der Waals surface area contributed by atoms with Crippen molar-refractivity contribution in [3.8, 4) is 11.4 Å². The summed E-state index contributed by atoms with van der Waals surface area (Å²) in [5, 5.41) is 4.60. The Morgan fingerprint density at radius 1 is 0.938 bits per heavy atom. The minimum absolute atomic E-state index is 0.0146. The summed E-state index contributed by atoms with van der Waals surface area (Å²) in [7, 11) is 0. The van der Waals surface area contributed by atoms with E-state index in [0.29, 0.717) is 38.3 Å². The summed E-state index contributed by atoms with van der Waals surface area (Å²) in [5.74, 6) is 1.51. The van der Waals surface area contributed by atoms with Gasteiger partial charge in [-0.25, -0.2) is 0 Å². The molecule has 7 nitrogen and oxygen atoms in total. The number of hydrogen-bond donors (Lipinski definition) is 0. The molecular formula is C25H28N4O3. The first-order valence-corrected chi connectivity index (χ1v) is 10.9. The highest BCUT2D eigenvalue weighted by molar-refractivity contribution is 5.94. The van der Waals surface area contributed by atoms with Gasteiger partial charge in [0.15, 0.2) is 0 Å². The van der Waals surface area contributed by atoms with E-state index in [4.69, 9.17) is 4.74 Å². The molecule has 2 heterocycles. The average Bonchev–Trinajstić information content (AvgIpc) is 2.82. The van der Waals surface area contributed by atoms with E-state index in [9.17, 15) is 9.59 Å². The van der Waals surface area contributed by atoms with Crippen LogP contribution in [-0.4, -0.2) is 53.4 Å². The van der Waals surface area contributed by atoms with Crippen molar-refractivity contribution in [2.45, 2.75) is 20.8 Å². The number of rotatable bonds is 5. The molecule has 1 fully saturated rings. The summed E-state index contributed by atoms with van der Waals surface area (Å²) in [5.41, 5.74) is 3.53. The number of amides is 1. The Kier molecular flexibility index (Phi) is 6.25. The van der Waals surface area contributed by atoms with Crippen molar-refractivity contribution in [3.63, 3.8) is 0 Å². The first-order valence-electron chi connectivity index (χ1n) is 10.9. The molecule has 0 spiro atoms. The fourth-order valence-corrected chi connectivity index (χ4v) is 3.79. The maximum Gasteiger partial charge on any atom is 0.271 e. The number of benzene rings is 2. The quantitative estimate of drug-likeness (QED) is 0.619. The molecule has 0 atom stereocenters. The van der Waals surface area contributed by atoms with Crippen LogP contribution in [0.15, 0.2) is 59.4 Å². The second kappa shape index (κ2) is 9.26. The molecule has 0 saturated carbocycles. The van der Waals surface area contributed by atoms with Gasteiger partial charge in [0, 0.05) is 37.8 Å². The van der Waals surface area contributed by atoms with Gasteiger partial charge < -0.3 is 14.5 Å². The molecule has 2 aromatic carbocycles. The largest absolute Gasteiger partial charge is 0.494 e. The van der Waals surface area contributed by atoms with E-state index >= 15 is 0 Å². The third kappa shape index (κ3) is 4.51. The first kappa shape index (κ1) is 21.6. The Bertz CT molecular complexity index is 1160. The van der Waals surface area contributed by atoms with Crippen LogP contribution in [0.2, 0.25) is 0 Å². The summed E-state index contributed by atoms with van der Waals surface area (Å²) >= 11 is 0. The van der Waals surface area contributed by atoms with E-state index in [1.807, 2.05) is 56.0 Å². The highest BCUT2D eigenvalue weighted by Gasteiger charge is 2.23. The van der Waals surface area contributed by atoms with E-state index in [1.165, 1.54) is 10.2 Å². The van der Waals surface area contributed by atoms with Crippen LogP contribution in [0.1, 0.15) is 28.4 Å². The van der Waals surface area contributed by atoms with Crippen LogP contribution >= 0.6 is 0 Å². The highest BCUT2D eigenvalue weighted by atomic mass is 16.5. The van der Waals surface area contributed by atoms with Gasteiger partial charge in [-0.1, -0.05) is 6.07 Å². The van der Waals surface area contributed by atoms with Gasteiger partial charge >= 0.3 is 0 Å². The summed E-state index contributed by atoms with van der Waals surface area (Å²) < 4.78 is 6.89. The topological polar surface area (TPSA) is 67.7 Å². The molecule has 0 unspecified atom stereocenters. The van der Waals surface area contributed by atoms with Crippen molar-refractivity contribution < 1.29 is 9.53 Å². The van der Waals surface area contributed by atoms with Crippen LogP contribution < -0.4 is 15.2 Å². The molecular weight excluding hydrogens is 404 g/mol. The SMILES string of the molecule is CCOc1ccc(C(=O)N2CCN(c3ccc(=O)n(-c4ccc(C)c(C)c4)n3)CC2)cc1. The Balaban J connectivity index is 1.45. The molecule has 32 heavy (non-hydrogen) atoms. The first-order chi connectivity index (χ1) is 15.5. The Morgan fingerprint density at radius 3 is 2.31 bits per heavy atom. The Hall–Kier alpha value is -3.61. The zero-order chi connectivity index (χ0) is 22.7. The predicted octanol–water partition coefficient (Wildman–Crippen LogP) is 3.21. The molecule has 166 valence electrons. The molecule has 0 bridgehead atoms. The van der Waals surface area contributed by atoms with Crippen molar-refractivity contribution in [3.05, 3.63) is 81.6 Å². The molecule has 1 amide bonds. The summed E-state index contributed by atoms with van der Waals surface area (Å²) in [4.78, 5) is 29.3. The minimum atomic E-state index is -0.165. The second-order valence-electron chi connectivity index (χ2n) is 7.95. The van der Waals surface area contributed by atoms with Crippen molar-refractivity contribution in [1.82, 2.24) is 14.7 Å². The number of aryl methyl sites for hydroxylation is 2. The van der Waals surface area contributed by atoms with E-state index in [2.05, 4.69) is 10.00 Å². The number of anilines is 1. The fourth-order valence-electron chi connectivity index (χ4n) is 3.79. The maximum atomic E-state index is 12.9. The van der Waals surface area contributed by atoms with Crippen LogP contribution in [0.5, 0.6) is 5.75 Å². The molecule has 1 aliphatic heterocycles. The number of ether oxygens (including phenoxy) is 1. The second-order valence-corrected chi connectivity index (χ2v) is 7.95. The van der Waals surface area contributed by atoms with E-state index < -0.39 is 0 Å². The molecule has 3 aromatic rings. The molecule has 1 aliphatic rings. The number of carbonyl (C=O) groups excluding carboxylic acids is 1. The summed E-state index contributed by atoms with van der Waals surface area (Å²) in [6.45, 7) is 9.09. The third-order valence-corrected chi connectivity index (χ3v) is 5.82. The van der Waals surface area contributed by atoms with Crippen LogP contribution in [0.25, 0.3) is 5.69 Å². The molecule has 0 radical (unpaired) electrons. The molecule has 0 aliphatic carbocycles. The number of aromatic nitrogens is 2. The lowest BCUT2D eigenvalue weighted by atomic mass is 10.1. The number of piperazine rings is 1. The maximum absolute atomic E-state index is 12.9. The van der Waals surface area contributed by atoms with Gasteiger partial charge in [-0.05, 0) is 74.4 Å². The van der Waals surface area contributed by atoms with Gasteiger partial charge in [-0.2, -0.15) is 4.68 Å². The van der Waals surface area contributed by atoms with Crippen molar-refractivity contribution >= 4 is 11.7 Å². The van der Waals surface area contributed by atoms with Gasteiger partial charge in [0.25, 0.3) is 11.5 Å². The molecule has 7 heteroatoms. The van der Waals surface area contributed by atoms with Gasteiger partial charge in [0.1, 0.15) is 11.6 Å². The molecule has 1 saturated heterocycles. The predicted molar refractivity (Wildman–Crippen MR) is 125 cm³/mol. The lowest BCUT2D eigenvalue weighted by Gasteiger charge is -2.35. The van der Waals surface area contributed by atoms with Gasteiger partial charge in [0.05, 0.1) is 12.3 Å². The van der Waals surface area contributed by atoms with Gasteiger partial charge in [0.2, 0.25) is 0 Å². The van der Waals surface area contributed by atoms with E-state index in [1.54, 1.807) is 24.3 Å². The standard InChI is InChI=1S/C25H28N4O3/c1-4-32-22-9-6-20(7-10-22)25(31)28-15-13-27(14-16-28)23-11-12-24(30)29(26-23)21-8-5-18(2)19(3)17-21/h5-12,17H,4,13-16H2,1-3H3. The Morgan fingerprint density at radius 2 is 1.66 bits per heavy atom. The van der Waals surface area contributed by atoms with Crippen molar-refractivity contribution in [2.75, 3.05) is 37.7 Å². The zero-order valence-corrected chi connectivity index (χ0v) is 18.7. The number of carbonyl (C=O) groups is 1. The van der Waals surface area contributed by atoms with Crippen LogP contribution in [0.4, 0.5) is 5.82 Å². The normalized spacial score (nSPS) is 13.8. The molecule has 4 rings (SSSR count). The summed E-state index contributed by atoms with van der Waals surface area (Å²) in [6.07, 6.45) is 0. The van der Waals surface area contributed by atoms with Gasteiger partial charge in [-0.3, -0.25) is 9.59 Å². The number of nitrogens with zero attached hydrogens (tertiary/aromatic N) is 4. The van der Waals surface area contributed by atoms with Crippen LogP contribution in [0, 0.1) is 13.8 Å². The minimum Gasteiger partial charge on any atom is -0.494 e. The van der Waals surface area contributed by atoms with E-state index in [0.717, 1.165) is 22.8 Å². The lowest BCUT2D eigenvalue weighted by molar-refractivity contribution is 0.0746. The lowest BCUT2D eigenvalue weighted by Crippen LogP contribution is -2.49. The van der Waals surface area contributed by atoms with Crippen LogP contribution in [-0.2, 0) is 0 Å². The zero-order valence-electron chi connectivity index (χ0n) is 18.7. The third-order valence-electron chi connectivity index (χ3n) is 5.82. The van der Waals surface area contributed by atoms with Gasteiger partial charge in [-0.15, -0.1) is 5.10 Å². The smallest absolute Gasteiger partial charge is 0.271 e. The number of hydrogen-bond acceptors (Lipinski definition) is 5. The van der Waals surface area contributed by atoms with E-state index in [-0.39, 0.29) is 11.5 Å². The average molecular weight is 433 g/mol. The molecule has 0 N–H and O–H groups in total. The Labute approximate surface area is 187 Å². The monoisotopic (exact) mass is 432 g/mol. The van der Waals surface area contributed by atoms with Crippen molar-refractivity contribution in [1.29, 1.82) is 0 Å².